The largest absolute Gasteiger partial charge is 0.394 e. The number of hydrogen-bond donors (Lipinski definition) is 12. The molecule has 19 nitrogen and oxygen atoms in total. The Morgan fingerprint density at radius 2 is 0.582 bits per heavy atom. The molecule has 3 aliphatic heterocycles. The maximum absolute atomic E-state index is 13.5. The molecule has 19 heteroatoms. The van der Waals surface area contributed by atoms with Crippen LogP contribution >= 0.6 is 0 Å². The molecule has 0 radical (unpaired) electrons. The Morgan fingerprint density at radius 1 is 0.318 bits per heavy atom. The van der Waals surface area contributed by atoms with Gasteiger partial charge in [0.15, 0.2) is 18.9 Å². The second-order valence-electron chi connectivity index (χ2n) is 33.1. The van der Waals surface area contributed by atoms with Crippen LogP contribution in [-0.2, 0) is 33.2 Å². The normalized spacial score (nSPS) is 25.3. The van der Waals surface area contributed by atoms with Gasteiger partial charge in [-0.3, -0.25) is 4.79 Å². The fourth-order valence-corrected chi connectivity index (χ4v) is 15.8. The maximum Gasteiger partial charge on any atom is 0.220 e. The predicted octanol–water partition coefficient (Wildman–Crippen LogP) is 17.8. The Morgan fingerprint density at radius 3 is 0.909 bits per heavy atom. The number of ether oxygens (including phenoxy) is 6. The van der Waals surface area contributed by atoms with Crippen molar-refractivity contribution >= 4 is 5.91 Å². The Kier molecular flexibility index (Phi) is 66.1. The molecule has 0 bridgehead atoms. The van der Waals surface area contributed by atoms with E-state index in [1.54, 1.807) is 6.08 Å². The van der Waals surface area contributed by atoms with Crippen LogP contribution < -0.4 is 5.32 Å². The van der Waals surface area contributed by atoms with Gasteiger partial charge >= 0.3 is 0 Å². The van der Waals surface area contributed by atoms with E-state index in [-0.39, 0.29) is 18.9 Å². The van der Waals surface area contributed by atoms with Crippen LogP contribution in [0, 0.1) is 0 Å². The average Bonchev–Trinajstić information content (AvgIpc) is 0.779. The molecule has 3 heterocycles. The summed E-state index contributed by atoms with van der Waals surface area (Å²) < 4.78 is 34.5. The van der Waals surface area contributed by atoms with Crippen LogP contribution in [0.15, 0.2) is 36.5 Å². The monoisotopic (exact) mass is 1570 g/mol. The first kappa shape index (κ1) is 102. The molecule has 0 spiro atoms. The van der Waals surface area contributed by atoms with Gasteiger partial charge in [-0.15, -0.1) is 0 Å². The minimum atomic E-state index is -1.98. The average molecular weight is 1570 g/mol. The zero-order valence-corrected chi connectivity index (χ0v) is 70.0. The summed E-state index contributed by atoms with van der Waals surface area (Å²) in [5.74, 6) is -0.281. The standard InChI is InChI=1S/C91H171NO18/c1-3-5-7-9-11-13-15-17-19-21-23-25-27-29-30-31-32-33-34-35-36-37-38-39-40-41-42-43-44-45-47-49-51-53-55-57-59-61-63-65-67-69-79(97)92-74(75(96)68-66-64-62-60-58-56-54-52-50-48-46-28-26-24-22-20-18-16-14-12-10-8-6-4-2)73-105-89-85(103)82(100)87(77(71-94)107-89)110-91-86(104)83(101)88(78(72-95)108-91)109-90-84(102)81(99)80(98)76(70-93)106-90/h50,52,58,60,66,68,74-78,80-91,93-96,98-104H,3-49,51,53-57,59,61-65,67,69-73H2,1-2H3,(H,92,97)/b52-50+,60-58+,68-66+. The van der Waals surface area contributed by atoms with Crippen LogP contribution in [0.4, 0.5) is 0 Å². The molecule has 648 valence electrons. The van der Waals surface area contributed by atoms with Gasteiger partial charge in [-0.05, 0) is 44.9 Å². The second-order valence-corrected chi connectivity index (χ2v) is 33.1. The van der Waals surface area contributed by atoms with E-state index < -0.39 is 124 Å². The third-order valence-corrected chi connectivity index (χ3v) is 23.2. The lowest BCUT2D eigenvalue weighted by Gasteiger charge is -2.48. The number of unbranched alkanes of at least 4 members (excludes halogenated alkanes) is 56. The summed E-state index contributed by atoms with van der Waals surface area (Å²) in [7, 11) is 0. The van der Waals surface area contributed by atoms with Gasteiger partial charge in [-0.1, -0.05) is 391 Å². The van der Waals surface area contributed by atoms with Gasteiger partial charge in [0.1, 0.15) is 73.2 Å². The number of carbonyl (C=O) groups is 1. The molecule has 17 unspecified atom stereocenters. The van der Waals surface area contributed by atoms with E-state index in [2.05, 4.69) is 43.5 Å². The van der Waals surface area contributed by atoms with Crippen molar-refractivity contribution in [3.8, 4) is 0 Å². The molecule has 3 aliphatic rings. The number of allylic oxidation sites excluding steroid dienone is 5. The molecule has 3 saturated heterocycles. The second kappa shape index (κ2) is 71.1. The zero-order chi connectivity index (χ0) is 79.5. The van der Waals surface area contributed by atoms with E-state index in [0.717, 1.165) is 44.9 Å². The minimum Gasteiger partial charge on any atom is -0.394 e. The molecule has 17 atom stereocenters. The number of carbonyl (C=O) groups excluding carboxylic acids is 1. The lowest BCUT2D eigenvalue weighted by molar-refractivity contribution is -0.379. The summed E-state index contributed by atoms with van der Waals surface area (Å²) in [5, 5.41) is 121. The van der Waals surface area contributed by atoms with Gasteiger partial charge in [0.05, 0.1) is 38.6 Å². The highest BCUT2D eigenvalue weighted by molar-refractivity contribution is 5.76. The Balaban J connectivity index is 1.29. The van der Waals surface area contributed by atoms with Crippen LogP contribution in [0.3, 0.4) is 0 Å². The number of nitrogens with one attached hydrogen (secondary N) is 1. The third-order valence-electron chi connectivity index (χ3n) is 23.2. The minimum absolute atomic E-state index is 0.237. The number of aliphatic hydroxyl groups is 11. The van der Waals surface area contributed by atoms with Gasteiger partial charge in [0.25, 0.3) is 0 Å². The highest BCUT2D eigenvalue weighted by atomic mass is 16.8. The SMILES string of the molecule is CCCCCCCCCCCCCCCC/C=C/CC/C=C/CC/C=C/C(O)C(COC1OC(CO)C(OC2OC(CO)C(OC3OC(CO)C(O)C(O)C3O)C(O)C2O)C(O)C1O)NC(=O)CCCCCCCCCCCCCCCCCCCCCCCCCCCCCCCCCCCCCCCCCCC. The molecule has 1 amide bonds. The van der Waals surface area contributed by atoms with Gasteiger partial charge in [0, 0.05) is 6.42 Å². The molecule has 0 saturated carbocycles. The van der Waals surface area contributed by atoms with E-state index in [1.807, 2.05) is 6.08 Å². The summed E-state index contributed by atoms with van der Waals surface area (Å²) in [6.07, 6.45) is 64.8. The van der Waals surface area contributed by atoms with E-state index >= 15 is 0 Å². The first-order chi connectivity index (χ1) is 53.8. The quantitative estimate of drug-likeness (QED) is 0.0199. The molecule has 12 N–H and O–H groups in total. The van der Waals surface area contributed by atoms with Crippen molar-refractivity contribution in [1.82, 2.24) is 5.32 Å². The summed E-state index contributed by atoms with van der Waals surface area (Å²) in [6, 6.07) is -0.997. The highest BCUT2D eigenvalue weighted by Crippen LogP contribution is 2.34. The maximum atomic E-state index is 13.5. The molecule has 3 rings (SSSR count). The van der Waals surface area contributed by atoms with Crippen molar-refractivity contribution in [2.45, 2.75) is 510 Å². The first-order valence-electron chi connectivity index (χ1n) is 46.2. The number of hydrogen-bond acceptors (Lipinski definition) is 18. The number of aliphatic hydroxyl groups excluding tert-OH is 11. The van der Waals surface area contributed by atoms with Crippen LogP contribution in [-0.4, -0.2) is 193 Å². The Bertz CT molecular complexity index is 2120. The molecule has 0 aromatic heterocycles. The summed E-state index contributed by atoms with van der Waals surface area (Å²) in [6.45, 7) is 1.78. The summed E-state index contributed by atoms with van der Waals surface area (Å²) >= 11 is 0. The third kappa shape index (κ3) is 49.3. The molecule has 0 aromatic carbocycles. The smallest absolute Gasteiger partial charge is 0.220 e. The first-order valence-corrected chi connectivity index (χ1v) is 46.2. The van der Waals surface area contributed by atoms with Crippen LogP contribution in [0.5, 0.6) is 0 Å². The lowest BCUT2D eigenvalue weighted by Crippen LogP contribution is -2.66. The topological polar surface area (TPSA) is 307 Å². The zero-order valence-electron chi connectivity index (χ0n) is 70.0. The molecular weight excluding hydrogens is 1390 g/mol. The van der Waals surface area contributed by atoms with Crippen molar-refractivity contribution < 1.29 is 89.4 Å². The predicted molar refractivity (Wildman–Crippen MR) is 443 cm³/mol. The van der Waals surface area contributed by atoms with Crippen LogP contribution in [0.2, 0.25) is 0 Å². The van der Waals surface area contributed by atoms with Crippen LogP contribution in [0.1, 0.15) is 406 Å². The van der Waals surface area contributed by atoms with Gasteiger partial charge < -0.3 is 89.9 Å². The van der Waals surface area contributed by atoms with Gasteiger partial charge in [0.2, 0.25) is 5.91 Å². The molecule has 3 fully saturated rings. The van der Waals surface area contributed by atoms with E-state index in [4.69, 9.17) is 28.4 Å². The molecule has 0 aromatic rings. The lowest BCUT2D eigenvalue weighted by atomic mass is 9.96. The van der Waals surface area contributed by atoms with Crippen molar-refractivity contribution in [3.63, 3.8) is 0 Å². The van der Waals surface area contributed by atoms with E-state index in [9.17, 15) is 61.0 Å². The van der Waals surface area contributed by atoms with Crippen molar-refractivity contribution in [2.24, 2.45) is 0 Å². The molecular formula is C91H171NO18. The Hall–Kier alpha value is -1.99. The van der Waals surface area contributed by atoms with Gasteiger partial charge in [-0.25, -0.2) is 0 Å². The van der Waals surface area contributed by atoms with Crippen molar-refractivity contribution in [2.75, 3.05) is 26.4 Å². The fraction of sp³-hybridized carbons (Fsp3) is 0.923. The molecule has 110 heavy (non-hydrogen) atoms. The Labute approximate surface area is 670 Å². The van der Waals surface area contributed by atoms with Gasteiger partial charge in [-0.2, -0.15) is 0 Å². The van der Waals surface area contributed by atoms with E-state index in [0.29, 0.717) is 12.8 Å². The van der Waals surface area contributed by atoms with Crippen molar-refractivity contribution in [3.05, 3.63) is 36.5 Å². The fourth-order valence-electron chi connectivity index (χ4n) is 15.8. The number of rotatable bonds is 76. The summed E-state index contributed by atoms with van der Waals surface area (Å²) in [5.41, 5.74) is 0. The van der Waals surface area contributed by atoms with E-state index in [1.165, 1.54) is 327 Å². The molecule has 0 aliphatic carbocycles. The van der Waals surface area contributed by atoms with Crippen LogP contribution in [0.25, 0.3) is 0 Å². The highest BCUT2D eigenvalue weighted by Gasteiger charge is 2.54. The van der Waals surface area contributed by atoms with Crippen molar-refractivity contribution in [1.29, 1.82) is 0 Å². The number of amides is 1. The summed E-state index contributed by atoms with van der Waals surface area (Å²) in [4.78, 5) is 13.5.